The van der Waals surface area contributed by atoms with Crippen LogP contribution < -0.4 is 0 Å². The molecule has 1 aromatic rings. The van der Waals surface area contributed by atoms with Crippen molar-refractivity contribution >= 4 is 11.9 Å². The number of aromatic nitrogens is 3. The fourth-order valence-electron chi connectivity index (χ4n) is 2.14. The fourth-order valence-corrected chi connectivity index (χ4v) is 2.14. The van der Waals surface area contributed by atoms with E-state index in [0.717, 1.165) is 19.4 Å². The molecule has 1 amide bonds. The van der Waals surface area contributed by atoms with Crippen molar-refractivity contribution in [1.29, 1.82) is 0 Å². The summed E-state index contributed by atoms with van der Waals surface area (Å²) in [5.41, 5.74) is -0.0719. The van der Waals surface area contributed by atoms with E-state index in [1.54, 1.807) is 11.8 Å². The van der Waals surface area contributed by atoms with Crippen LogP contribution in [0.3, 0.4) is 0 Å². The van der Waals surface area contributed by atoms with Crippen LogP contribution in [0.1, 0.15) is 30.3 Å². The molecule has 0 aromatic carbocycles. The molecule has 1 aromatic heterocycles. The largest absolute Gasteiger partial charge is 0.476 e. The molecular formula is C10H14N4O3. The van der Waals surface area contributed by atoms with Crippen LogP contribution in [0.15, 0.2) is 6.20 Å². The summed E-state index contributed by atoms with van der Waals surface area (Å²) in [5, 5.41) is 16.0. The Bertz CT molecular complexity index is 443. The van der Waals surface area contributed by atoms with Gasteiger partial charge in [-0.25, -0.2) is 9.48 Å². The predicted octanol–water partition coefficient (Wildman–Crippen LogP) is -0.0128. The Kier molecular flexibility index (Phi) is 3.08. The maximum Gasteiger partial charge on any atom is 0.358 e. The van der Waals surface area contributed by atoms with Crippen LogP contribution in [0.25, 0.3) is 0 Å². The van der Waals surface area contributed by atoms with Crippen molar-refractivity contribution < 1.29 is 14.7 Å². The van der Waals surface area contributed by atoms with Crippen molar-refractivity contribution in [2.24, 2.45) is 0 Å². The first-order chi connectivity index (χ1) is 8.08. The average Bonchev–Trinajstić information content (AvgIpc) is 2.86. The number of hydrogen-bond acceptors (Lipinski definition) is 4. The molecule has 92 valence electrons. The molecular weight excluding hydrogens is 224 g/mol. The Labute approximate surface area is 98.0 Å². The highest BCUT2D eigenvalue weighted by Gasteiger charge is 2.27. The SMILES string of the molecule is CC(=O)N1CCC[C@@H]1Cn1cc(C(=O)O)nn1. The third kappa shape index (κ3) is 2.43. The molecule has 1 atom stereocenters. The van der Waals surface area contributed by atoms with Gasteiger partial charge < -0.3 is 10.0 Å². The van der Waals surface area contributed by atoms with E-state index in [4.69, 9.17) is 5.11 Å². The summed E-state index contributed by atoms with van der Waals surface area (Å²) in [7, 11) is 0. The van der Waals surface area contributed by atoms with Gasteiger partial charge in [0.25, 0.3) is 0 Å². The van der Waals surface area contributed by atoms with Crippen molar-refractivity contribution in [3.63, 3.8) is 0 Å². The molecule has 1 aliphatic heterocycles. The maximum atomic E-state index is 11.3. The molecule has 1 fully saturated rings. The average molecular weight is 238 g/mol. The third-order valence-corrected chi connectivity index (χ3v) is 2.94. The number of carbonyl (C=O) groups excluding carboxylic acids is 1. The first-order valence-corrected chi connectivity index (χ1v) is 5.48. The number of rotatable bonds is 3. The summed E-state index contributed by atoms with van der Waals surface area (Å²) in [5.74, 6) is -1.04. The number of carboxylic acid groups (broad SMARTS) is 1. The Hall–Kier alpha value is -1.92. The monoisotopic (exact) mass is 238 g/mol. The normalized spacial score (nSPS) is 19.6. The van der Waals surface area contributed by atoms with Crippen LogP contribution in [0.2, 0.25) is 0 Å². The molecule has 0 unspecified atom stereocenters. The number of likely N-dealkylation sites (tertiary alicyclic amines) is 1. The second-order valence-corrected chi connectivity index (χ2v) is 4.14. The molecule has 1 saturated heterocycles. The number of nitrogens with zero attached hydrogens (tertiary/aromatic N) is 4. The smallest absolute Gasteiger partial charge is 0.358 e. The van der Waals surface area contributed by atoms with Gasteiger partial charge in [0, 0.05) is 13.5 Å². The molecule has 2 rings (SSSR count). The molecule has 7 nitrogen and oxygen atoms in total. The summed E-state index contributed by atoms with van der Waals surface area (Å²) in [6, 6.07) is 0.0934. The molecule has 0 aliphatic carbocycles. The van der Waals surface area contributed by atoms with Crippen LogP contribution >= 0.6 is 0 Å². The zero-order valence-electron chi connectivity index (χ0n) is 9.54. The summed E-state index contributed by atoms with van der Waals surface area (Å²) in [6.45, 7) is 2.81. The molecule has 0 saturated carbocycles. The van der Waals surface area contributed by atoms with E-state index in [1.807, 2.05) is 0 Å². The molecule has 17 heavy (non-hydrogen) atoms. The topological polar surface area (TPSA) is 88.3 Å². The van der Waals surface area contributed by atoms with Gasteiger partial charge >= 0.3 is 5.97 Å². The van der Waals surface area contributed by atoms with Crippen molar-refractivity contribution in [2.75, 3.05) is 6.54 Å². The highest BCUT2D eigenvalue weighted by molar-refractivity contribution is 5.84. The zero-order valence-corrected chi connectivity index (χ0v) is 9.54. The van der Waals surface area contributed by atoms with E-state index in [-0.39, 0.29) is 17.6 Å². The summed E-state index contributed by atoms with van der Waals surface area (Å²) in [6.07, 6.45) is 3.28. The minimum Gasteiger partial charge on any atom is -0.476 e. The molecule has 2 heterocycles. The van der Waals surface area contributed by atoms with Gasteiger partial charge in [-0.2, -0.15) is 0 Å². The van der Waals surface area contributed by atoms with E-state index in [0.29, 0.717) is 6.54 Å². The Morgan fingerprint density at radius 2 is 2.35 bits per heavy atom. The Morgan fingerprint density at radius 3 is 2.94 bits per heavy atom. The van der Waals surface area contributed by atoms with Gasteiger partial charge in [0.2, 0.25) is 5.91 Å². The lowest BCUT2D eigenvalue weighted by Crippen LogP contribution is -2.36. The second-order valence-electron chi connectivity index (χ2n) is 4.14. The van der Waals surface area contributed by atoms with Gasteiger partial charge in [-0.15, -0.1) is 5.10 Å². The van der Waals surface area contributed by atoms with Gasteiger partial charge in [0.15, 0.2) is 5.69 Å². The number of carboxylic acids is 1. The predicted molar refractivity (Wildman–Crippen MR) is 57.4 cm³/mol. The number of amides is 1. The maximum absolute atomic E-state index is 11.3. The van der Waals surface area contributed by atoms with Crippen LogP contribution in [-0.4, -0.2) is 49.5 Å². The van der Waals surface area contributed by atoms with Crippen molar-refractivity contribution in [2.45, 2.75) is 32.4 Å². The molecule has 1 aliphatic rings. The van der Waals surface area contributed by atoms with Gasteiger partial charge in [-0.1, -0.05) is 5.21 Å². The highest BCUT2D eigenvalue weighted by atomic mass is 16.4. The molecule has 0 bridgehead atoms. The molecule has 7 heteroatoms. The first-order valence-electron chi connectivity index (χ1n) is 5.48. The highest BCUT2D eigenvalue weighted by Crippen LogP contribution is 2.18. The van der Waals surface area contributed by atoms with Crippen LogP contribution in [0.4, 0.5) is 0 Å². The van der Waals surface area contributed by atoms with Crippen molar-refractivity contribution in [1.82, 2.24) is 19.9 Å². The van der Waals surface area contributed by atoms with E-state index >= 15 is 0 Å². The number of hydrogen-bond donors (Lipinski definition) is 1. The van der Waals surface area contributed by atoms with E-state index in [9.17, 15) is 9.59 Å². The number of aromatic carboxylic acids is 1. The van der Waals surface area contributed by atoms with Gasteiger partial charge in [-0.3, -0.25) is 4.79 Å². The Balaban J connectivity index is 2.04. The molecule has 1 N–H and O–H groups in total. The van der Waals surface area contributed by atoms with Crippen LogP contribution in [0, 0.1) is 0 Å². The van der Waals surface area contributed by atoms with Gasteiger partial charge in [0.05, 0.1) is 18.8 Å². The second kappa shape index (κ2) is 4.52. The first kappa shape index (κ1) is 11.6. The third-order valence-electron chi connectivity index (χ3n) is 2.94. The summed E-state index contributed by atoms with van der Waals surface area (Å²) in [4.78, 5) is 23.8. The lowest BCUT2D eigenvalue weighted by atomic mass is 10.2. The minimum absolute atomic E-state index is 0.0473. The van der Waals surface area contributed by atoms with Crippen molar-refractivity contribution in [3.05, 3.63) is 11.9 Å². The standard InChI is InChI=1S/C10H14N4O3/c1-7(15)14-4-2-3-8(14)5-13-6-9(10(16)17)11-12-13/h6,8H,2-5H2,1H3,(H,16,17)/t8-/m1/s1. The van der Waals surface area contributed by atoms with Crippen molar-refractivity contribution in [3.8, 4) is 0 Å². The zero-order chi connectivity index (χ0) is 12.4. The number of carbonyl (C=O) groups is 2. The van der Waals surface area contributed by atoms with E-state index in [1.165, 1.54) is 10.9 Å². The van der Waals surface area contributed by atoms with Crippen LogP contribution in [0.5, 0.6) is 0 Å². The minimum atomic E-state index is -1.09. The molecule has 0 spiro atoms. The lowest BCUT2D eigenvalue weighted by Gasteiger charge is -2.22. The summed E-state index contributed by atoms with van der Waals surface area (Å²) >= 11 is 0. The van der Waals surface area contributed by atoms with Crippen LogP contribution in [-0.2, 0) is 11.3 Å². The fraction of sp³-hybridized carbons (Fsp3) is 0.600. The van der Waals surface area contributed by atoms with E-state index in [2.05, 4.69) is 10.3 Å². The van der Waals surface area contributed by atoms with E-state index < -0.39 is 5.97 Å². The van der Waals surface area contributed by atoms with Gasteiger partial charge in [-0.05, 0) is 12.8 Å². The lowest BCUT2D eigenvalue weighted by molar-refractivity contribution is -0.129. The van der Waals surface area contributed by atoms with Gasteiger partial charge in [0.1, 0.15) is 0 Å². The quantitative estimate of drug-likeness (QED) is 0.799. The molecule has 0 radical (unpaired) electrons. The Morgan fingerprint density at radius 1 is 1.59 bits per heavy atom. The summed E-state index contributed by atoms with van der Waals surface area (Å²) < 4.78 is 1.48.